The van der Waals surface area contributed by atoms with E-state index >= 15 is 0 Å². The Kier molecular flexibility index (Phi) is 4.91. The molecule has 26 heavy (non-hydrogen) atoms. The lowest BCUT2D eigenvalue weighted by Gasteiger charge is -2.14. The summed E-state index contributed by atoms with van der Waals surface area (Å²) in [7, 11) is 0. The molecule has 138 valence electrons. The van der Waals surface area contributed by atoms with E-state index in [1.165, 1.54) is 12.8 Å². The molecule has 0 spiro atoms. The number of hydrogen-bond donors (Lipinski definition) is 2. The smallest absolute Gasteiger partial charge is 0.262 e. The number of rotatable bonds is 4. The maximum absolute atomic E-state index is 12.8. The molecule has 0 unspecified atom stereocenters. The Balaban J connectivity index is 1.63. The van der Waals surface area contributed by atoms with Crippen LogP contribution >= 0.6 is 12.2 Å². The third-order valence-electron chi connectivity index (χ3n) is 5.34. The molecule has 6 nitrogen and oxygen atoms in total. The minimum Gasteiger partial charge on any atom is -0.376 e. The molecule has 2 fully saturated rings. The highest BCUT2D eigenvalue weighted by atomic mass is 32.1. The van der Waals surface area contributed by atoms with Gasteiger partial charge in [0.2, 0.25) is 0 Å². The molecule has 2 heterocycles. The standard InChI is InChI=1S/C19H23N3O3S/c23-17(20-13-4-1-2-5-13)12-7-8-15-16(10-12)21-19(26)22(18(15)24)11-14-6-3-9-25-14/h7-8,10,13-14H,1-6,9,11H2,(H,20,23)(H,21,26)/t14-/m0/s1. The number of fused-ring (bicyclic) bond motifs is 1. The quantitative estimate of drug-likeness (QED) is 0.808. The SMILES string of the molecule is O=C(NC1CCCC1)c1ccc2c(=O)n(C[C@@H]3CCCO3)c(=S)[nH]c2c1. The summed E-state index contributed by atoms with van der Waals surface area (Å²) >= 11 is 5.38. The lowest BCUT2D eigenvalue weighted by molar-refractivity contribution is 0.0937. The molecule has 1 atom stereocenters. The van der Waals surface area contributed by atoms with Crippen molar-refractivity contribution in [3.63, 3.8) is 0 Å². The van der Waals surface area contributed by atoms with E-state index in [-0.39, 0.29) is 23.6 Å². The summed E-state index contributed by atoms with van der Waals surface area (Å²) in [5, 5.41) is 3.61. The zero-order valence-corrected chi connectivity index (χ0v) is 15.4. The Morgan fingerprint density at radius 2 is 2.08 bits per heavy atom. The van der Waals surface area contributed by atoms with Crippen molar-refractivity contribution in [1.29, 1.82) is 0 Å². The molecule has 2 N–H and O–H groups in total. The Hall–Kier alpha value is -1.99. The van der Waals surface area contributed by atoms with Gasteiger partial charge in [0.05, 0.1) is 23.6 Å². The van der Waals surface area contributed by atoms with Crippen LogP contribution in [0.4, 0.5) is 0 Å². The zero-order chi connectivity index (χ0) is 18.1. The van der Waals surface area contributed by atoms with Gasteiger partial charge < -0.3 is 15.0 Å². The van der Waals surface area contributed by atoms with Crippen molar-refractivity contribution in [2.75, 3.05) is 6.61 Å². The second kappa shape index (κ2) is 7.32. The second-order valence-corrected chi connectivity index (χ2v) is 7.58. The summed E-state index contributed by atoms with van der Waals surface area (Å²) in [5.41, 5.74) is 1.01. The molecule has 0 radical (unpaired) electrons. The van der Waals surface area contributed by atoms with E-state index in [1.54, 1.807) is 22.8 Å². The summed E-state index contributed by atoms with van der Waals surface area (Å²) in [6.07, 6.45) is 6.41. The summed E-state index contributed by atoms with van der Waals surface area (Å²) in [4.78, 5) is 28.4. The van der Waals surface area contributed by atoms with Crippen LogP contribution in [0.2, 0.25) is 0 Å². The largest absolute Gasteiger partial charge is 0.376 e. The summed E-state index contributed by atoms with van der Waals surface area (Å²) in [5.74, 6) is -0.0957. The van der Waals surface area contributed by atoms with E-state index in [0.29, 0.717) is 27.8 Å². The maximum Gasteiger partial charge on any atom is 0.262 e. The molecule has 1 amide bonds. The highest BCUT2D eigenvalue weighted by Crippen LogP contribution is 2.19. The van der Waals surface area contributed by atoms with Crippen molar-refractivity contribution in [3.8, 4) is 0 Å². The van der Waals surface area contributed by atoms with Gasteiger partial charge in [-0.25, -0.2) is 0 Å². The molecule has 1 saturated heterocycles. The molecule has 1 aliphatic carbocycles. The summed E-state index contributed by atoms with van der Waals surface area (Å²) < 4.78 is 7.55. The number of carbonyl (C=O) groups is 1. The number of aromatic amines is 1. The van der Waals surface area contributed by atoms with Crippen molar-refractivity contribution in [2.45, 2.75) is 57.2 Å². The Morgan fingerprint density at radius 3 is 2.81 bits per heavy atom. The lowest BCUT2D eigenvalue weighted by Crippen LogP contribution is -2.32. The van der Waals surface area contributed by atoms with Crippen LogP contribution in [0.15, 0.2) is 23.0 Å². The Labute approximate surface area is 156 Å². The highest BCUT2D eigenvalue weighted by Gasteiger charge is 2.20. The molecule has 4 rings (SSSR count). The fourth-order valence-corrected chi connectivity index (χ4v) is 4.16. The van der Waals surface area contributed by atoms with Gasteiger partial charge in [-0.2, -0.15) is 0 Å². The predicted octanol–water partition coefficient (Wildman–Crippen LogP) is 2.91. The van der Waals surface area contributed by atoms with E-state index in [0.717, 1.165) is 32.3 Å². The van der Waals surface area contributed by atoms with Crippen LogP contribution < -0.4 is 10.9 Å². The van der Waals surface area contributed by atoms with Crippen molar-refractivity contribution in [3.05, 3.63) is 38.9 Å². The molecule has 7 heteroatoms. The van der Waals surface area contributed by atoms with Crippen LogP contribution in [0.5, 0.6) is 0 Å². The first kappa shape index (κ1) is 17.4. The van der Waals surface area contributed by atoms with Crippen LogP contribution in [0.1, 0.15) is 48.9 Å². The van der Waals surface area contributed by atoms with Crippen LogP contribution in [-0.4, -0.2) is 34.2 Å². The van der Waals surface area contributed by atoms with Crippen LogP contribution in [0.25, 0.3) is 10.9 Å². The number of ether oxygens (including phenoxy) is 1. The molecular formula is C19H23N3O3S. The third-order valence-corrected chi connectivity index (χ3v) is 5.67. The number of carbonyl (C=O) groups excluding carboxylic acids is 1. The highest BCUT2D eigenvalue weighted by molar-refractivity contribution is 7.71. The van der Waals surface area contributed by atoms with Crippen molar-refractivity contribution >= 4 is 29.0 Å². The monoisotopic (exact) mass is 373 g/mol. The minimum absolute atomic E-state index is 0.0386. The fraction of sp³-hybridized carbons (Fsp3) is 0.526. The van der Waals surface area contributed by atoms with Gasteiger partial charge in [0, 0.05) is 18.2 Å². The fourth-order valence-electron chi connectivity index (χ4n) is 3.89. The number of benzene rings is 1. The Bertz CT molecular complexity index is 937. The van der Waals surface area contributed by atoms with Crippen molar-refractivity contribution < 1.29 is 9.53 Å². The summed E-state index contributed by atoms with van der Waals surface area (Å²) in [6.45, 7) is 1.21. The molecular weight excluding hydrogens is 350 g/mol. The maximum atomic E-state index is 12.8. The normalized spacial score (nSPS) is 20.7. The number of amides is 1. The van der Waals surface area contributed by atoms with Gasteiger partial charge in [-0.3, -0.25) is 14.2 Å². The summed E-state index contributed by atoms with van der Waals surface area (Å²) in [6, 6.07) is 5.39. The van der Waals surface area contributed by atoms with Gasteiger partial charge in [0.25, 0.3) is 11.5 Å². The number of aromatic nitrogens is 2. The van der Waals surface area contributed by atoms with Crippen molar-refractivity contribution in [2.24, 2.45) is 0 Å². The average Bonchev–Trinajstić information content (AvgIpc) is 3.32. The molecule has 1 aromatic carbocycles. The molecule has 1 saturated carbocycles. The lowest BCUT2D eigenvalue weighted by atomic mass is 10.1. The molecule has 2 aromatic rings. The van der Waals surface area contributed by atoms with Gasteiger partial charge in [-0.05, 0) is 56.1 Å². The third kappa shape index (κ3) is 3.46. The molecule has 1 aliphatic heterocycles. The van der Waals surface area contributed by atoms with E-state index in [4.69, 9.17) is 17.0 Å². The zero-order valence-electron chi connectivity index (χ0n) is 14.6. The van der Waals surface area contributed by atoms with Gasteiger partial charge in [-0.15, -0.1) is 0 Å². The van der Waals surface area contributed by atoms with Crippen LogP contribution in [0, 0.1) is 4.77 Å². The topological polar surface area (TPSA) is 76.1 Å². The van der Waals surface area contributed by atoms with E-state index in [9.17, 15) is 9.59 Å². The van der Waals surface area contributed by atoms with Crippen molar-refractivity contribution in [1.82, 2.24) is 14.9 Å². The van der Waals surface area contributed by atoms with E-state index in [1.807, 2.05) is 0 Å². The van der Waals surface area contributed by atoms with E-state index in [2.05, 4.69) is 10.3 Å². The first-order valence-corrected chi connectivity index (χ1v) is 9.72. The Morgan fingerprint density at radius 1 is 1.27 bits per heavy atom. The molecule has 2 aliphatic rings. The first-order chi connectivity index (χ1) is 12.6. The van der Waals surface area contributed by atoms with Gasteiger partial charge in [0.1, 0.15) is 0 Å². The van der Waals surface area contributed by atoms with Gasteiger partial charge >= 0.3 is 0 Å². The minimum atomic E-state index is -0.137. The number of nitrogens with zero attached hydrogens (tertiary/aromatic N) is 1. The molecule has 1 aromatic heterocycles. The second-order valence-electron chi connectivity index (χ2n) is 7.20. The van der Waals surface area contributed by atoms with E-state index < -0.39 is 0 Å². The van der Waals surface area contributed by atoms with Crippen LogP contribution in [-0.2, 0) is 11.3 Å². The number of nitrogens with one attached hydrogen (secondary N) is 2. The average molecular weight is 373 g/mol. The first-order valence-electron chi connectivity index (χ1n) is 9.31. The molecule has 0 bridgehead atoms. The van der Waals surface area contributed by atoms with Gasteiger partial charge in [-0.1, -0.05) is 12.8 Å². The predicted molar refractivity (Wildman–Crippen MR) is 102 cm³/mol. The van der Waals surface area contributed by atoms with Crippen LogP contribution in [0.3, 0.4) is 0 Å². The number of H-pyrrole nitrogens is 1. The van der Waals surface area contributed by atoms with Gasteiger partial charge in [0.15, 0.2) is 4.77 Å². The number of hydrogen-bond acceptors (Lipinski definition) is 4.